The molecule has 0 aliphatic heterocycles. The van der Waals surface area contributed by atoms with Crippen molar-refractivity contribution in [2.75, 3.05) is 6.54 Å². The van der Waals surface area contributed by atoms with Crippen LogP contribution in [0.4, 0.5) is 0 Å². The van der Waals surface area contributed by atoms with Crippen LogP contribution in [-0.2, 0) is 4.79 Å². The topological polar surface area (TPSA) is 75.6 Å². The van der Waals surface area contributed by atoms with E-state index in [-0.39, 0.29) is 11.5 Å². The molecule has 5 nitrogen and oxygen atoms in total. The van der Waals surface area contributed by atoms with E-state index >= 15 is 0 Å². The molecule has 1 unspecified atom stereocenters. The summed E-state index contributed by atoms with van der Waals surface area (Å²) in [5.41, 5.74) is 0.172. The molecule has 0 spiro atoms. The third kappa shape index (κ3) is 3.93. The standard InChI is InChI=1S/C13H15NO4/c1-3-8-14-12(15)9(2)18-11-6-4-10(5-7-11)13(16)17/h3-7,9H,1,8H2,2H3,(H,14,15)(H,16,17). The average molecular weight is 249 g/mol. The first-order valence-electron chi connectivity index (χ1n) is 5.43. The molecule has 1 aromatic carbocycles. The lowest BCUT2D eigenvalue weighted by Crippen LogP contribution is -2.36. The van der Waals surface area contributed by atoms with Gasteiger partial charge in [0.2, 0.25) is 0 Å². The second-order valence-corrected chi connectivity index (χ2v) is 3.62. The predicted octanol–water partition coefficient (Wildman–Crippen LogP) is 1.45. The Labute approximate surface area is 105 Å². The van der Waals surface area contributed by atoms with Gasteiger partial charge >= 0.3 is 5.97 Å². The normalized spacial score (nSPS) is 11.4. The quantitative estimate of drug-likeness (QED) is 0.748. The molecular weight excluding hydrogens is 234 g/mol. The number of rotatable bonds is 6. The van der Waals surface area contributed by atoms with Crippen molar-refractivity contribution < 1.29 is 19.4 Å². The number of ether oxygens (including phenoxy) is 1. The van der Waals surface area contributed by atoms with Gasteiger partial charge in [-0.25, -0.2) is 4.79 Å². The average Bonchev–Trinajstić information content (AvgIpc) is 2.36. The summed E-state index contributed by atoms with van der Waals surface area (Å²) >= 11 is 0. The molecule has 0 heterocycles. The smallest absolute Gasteiger partial charge is 0.335 e. The Morgan fingerprint density at radius 1 is 1.44 bits per heavy atom. The molecule has 5 heteroatoms. The van der Waals surface area contributed by atoms with Crippen molar-refractivity contribution in [3.8, 4) is 5.75 Å². The van der Waals surface area contributed by atoms with Crippen molar-refractivity contribution in [2.45, 2.75) is 13.0 Å². The molecule has 0 aliphatic carbocycles. The maximum absolute atomic E-state index is 11.5. The highest BCUT2D eigenvalue weighted by Gasteiger charge is 2.13. The number of benzene rings is 1. The van der Waals surface area contributed by atoms with Gasteiger partial charge in [0, 0.05) is 6.54 Å². The highest BCUT2D eigenvalue weighted by molar-refractivity contribution is 5.87. The SMILES string of the molecule is C=CCNC(=O)C(C)Oc1ccc(C(=O)O)cc1. The van der Waals surface area contributed by atoms with Gasteiger partial charge < -0.3 is 15.2 Å². The number of carboxylic acid groups (broad SMARTS) is 1. The minimum atomic E-state index is -1.00. The van der Waals surface area contributed by atoms with E-state index in [1.165, 1.54) is 24.3 Å². The van der Waals surface area contributed by atoms with E-state index in [2.05, 4.69) is 11.9 Å². The molecule has 1 aromatic rings. The Balaban J connectivity index is 2.58. The summed E-state index contributed by atoms with van der Waals surface area (Å²) in [5.74, 6) is -0.809. The van der Waals surface area contributed by atoms with Crippen molar-refractivity contribution in [3.05, 3.63) is 42.5 Å². The highest BCUT2D eigenvalue weighted by atomic mass is 16.5. The summed E-state index contributed by atoms with van der Waals surface area (Å²) in [4.78, 5) is 22.2. The Morgan fingerprint density at radius 2 is 2.06 bits per heavy atom. The molecule has 0 saturated heterocycles. The number of carbonyl (C=O) groups is 2. The Bertz CT molecular complexity index is 439. The van der Waals surface area contributed by atoms with Crippen molar-refractivity contribution in [1.29, 1.82) is 0 Å². The van der Waals surface area contributed by atoms with Crippen LogP contribution in [0.3, 0.4) is 0 Å². The zero-order valence-electron chi connectivity index (χ0n) is 10.1. The van der Waals surface area contributed by atoms with Gasteiger partial charge in [0.15, 0.2) is 6.10 Å². The fourth-order valence-electron chi connectivity index (χ4n) is 1.25. The molecule has 0 saturated carbocycles. The Kier molecular flexibility index (Phi) is 4.92. The minimum absolute atomic E-state index is 0.172. The molecule has 0 aliphatic rings. The third-order valence-corrected chi connectivity index (χ3v) is 2.20. The second kappa shape index (κ2) is 6.44. The molecule has 1 atom stereocenters. The highest BCUT2D eigenvalue weighted by Crippen LogP contribution is 2.13. The number of amides is 1. The molecular formula is C13H15NO4. The van der Waals surface area contributed by atoms with E-state index in [1.807, 2.05) is 0 Å². The Hall–Kier alpha value is -2.30. The van der Waals surface area contributed by atoms with Crippen LogP contribution in [0, 0.1) is 0 Å². The molecule has 0 bridgehead atoms. The molecule has 96 valence electrons. The number of hydrogen-bond donors (Lipinski definition) is 2. The van der Waals surface area contributed by atoms with Crippen LogP contribution in [0.15, 0.2) is 36.9 Å². The zero-order chi connectivity index (χ0) is 13.5. The van der Waals surface area contributed by atoms with Gasteiger partial charge in [-0.1, -0.05) is 6.08 Å². The maximum Gasteiger partial charge on any atom is 0.335 e. The molecule has 2 N–H and O–H groups in total. The predicted molar refractivity (Wildman–Crippen MR) is 66.7 cm³/mol. The lowest BCUT2D eigenvalue weighted by atomic mass is 10.2. The van der Waals surface area contributed by atoms with Gasteiger partial charge in [0.1, 0.15) is 5.75 Å². The van der Waals surface area contributed by atoms with Gasteiger partial charge in [0.25, 0.3) is 5.91 Å². The van der Waals surface area contributed by atoms with Crippen LogP contribution >= 0.6 is 0 Å². The summed E-state index contributed by atoms with van der Waals surface area (Å²) in [7, 11) is 0. The first kappa shape index (κ1) is 13.8. The van der Waals surface area contributed by atoms with Crippen LogP contribution in [0.2, 0.25) is 0 Å². The number of carboxylic acids is 1. The molecule has 1 rings (SSSR count). The van der Waals surface area contributed by atoms with Gasteiger partial charge in [-0.05, 0) is 31.2 Å². The van der Waals surface area contributed by atoms with Crippen LogP contribution in [0.25, 0.3) is 0 Å². The van der Waals surface area contributed by atoms with Crippen molar-refractivity contribution in [1.82, 2.24) is 5.32 Å². The van der Waals surface area contributed by atoms with Gasteiger partial charge in [-0.2, -0.15) is 0 Å². The fraction of sp³-hybridized carbons (Fsp3) is 0.231. The van der Waals surface area contributed by atoms with E-state index in [4.69, 9.17) is 9.84 Å². The first-order chi connectivity index (χ1) is 8.54. The Morgan fingerprint density at radius 3 is 2.56 bits per heavy atom. The molecule has 18 heavy (non-hydrogen) atoms. The van der Waals surface area contributed by atoms with E-state index in [0.29, 0.717) is 12.3 Å². The third-order valence-electron chi connectivity index (χ3n) is 2.20. The second-order valence-electron chi connectivity index (χ2n) is 3.62. The fourth-order valence-corrected chi connectivity index (χ4v) is 1.25. The number of hydrogen-bond acceptors (Lipinski definition) is 3. The van der Waals surface area contributed by atoms with Crippen molar-refractivity contribution >= 4 is 11.9 Å². The van der Waals surface area contributed by atoms with Crippen LogP contribution in [0.1, 0.15) is 17.3 Å². The van der Waals surface area contributed by atoms with Gasteiger partial charge in [-0.3, -0.25) is 4.79 Å². The van der Waals surface area contributed by atoms with E-state index in [9.17, 15) is 9.59 Å². The maximum atomic E-state index is 11.5. The molecule has 0 fully saturated rings. The number of carbonyl (C=O) groups excluding carboxylic acids is 1. The van der Waals surface area contributed by atoms with Crippen LogP contribution < -0.4 is 10.1 Å². The summed E-state index contributed by atoms with van der Waals surface area (Å²) in [5, 5.41) is 11.3. The first-order valence-corrected chi connectivity index (χ1v) is 5.43. The largest absolute Gasteiger partial charge is 0.481 e. The van der Waals surface area contributed by atoms with Crippen molar-refractivity contribution in [3.63, 3.8) is 0 Å². The van der Waals surface area contributed by atoms with Gasteiger partial charge in [-0.15, -0.1) is 6.58 Å². The van der Waals surface area contributed by atoms with E-state index < -0.39 is 12.1 Å². The van der Waals surface area contributed by atoms with E-state index in [0.717, 1.165) is 0 Å². The summed E-state index contributed by atoms with van der Waals surface area (Å²) in [6.07, 6.45) is 0.923. The number of aromatic carboxylic acids is 1. The van der Waals surface area contributed by atoms with Crippen molar-refractivity contribution in [2.24, 2.45) is 0 Å². The minimum Gasteiger partial charge on any atom is -0.481 e. The monoisotopic (exact) mass is 249 g/mol. The summed E-state index contributed by atoms with van der Waals surface area (Å²) < 4.78 is 5.37. The van der Waals surface area contributed by atoms with Gasteiger partial charge in [0.05, 0.1) is 5.56 Å². The zero-order valence-corrected chi connectivity index (χ0v) is 10.1. The lowest BCUT2D eigenvalue weighted by molar-refractivity contribution is -0.127. The lowest BCUT2D eigenvalue weighted by Gasteiger charge is -2.14. The molecule has 0 radical (unpaired) electrons. The number of nitrogens with one attached hydrogen (secondary N) is 1. The van der Waals surface area contributed by atoms with Crippen LogP contribution in [-0.4, -0.2) is 29.6 Å². The van der Waals surface area contributed by atoms with E-state index in [1.54, 1.807) is 13.0 Å². The molecule has 0 aromatic heterocycles. The van der Waals surface area contributed by atoms with Crippen LogP contribution in [0.5, 0.6) is 5.75 Å². The molecule has 1 amide bonds. The summed E-state index contributed by atoms with van der Waals surface area (Å²) in [6, 6.07) is 5.87. The summed E-state index contributed by atoms with van der Waals surface area (Å²) in [6.45, 7) is 5.49.